The first-order valence-electron chi connectivity index (χ1n) is 15.9. The summed E-state index contributed by atoms with van der Waals surface area (Å²) in [6.45, 7) is 16.5. The van der Waals surface area contributed by atoms with Gasteiger partial charge in [0, 0.05) is 18.6 Å². The van der Waals surface area contributed by atoms with Gasteiger partial charge in [-0.2, -0.15) is 0 Å². The van der Waals surface area contributed by atoms with E-state index in [4.69, 9.17) is 18.9 Å². The fourth-order valence-corrected chi connectivity index (χ4v) is 5.73. The Labute approximate surface area is 259 Å². The number of aliphatic hydroxyl groups is 2. The Bertz CT molecular complexity index is 1130. The Balaban J connectivity index is 1.50. The Hall–Kier alpha value is -2.64. The number of ether oxygens (including phenoxy) is 4. The molecule has 238 valence electrons. The summed E-state index contributed by atoms with van der Waals surface area (Å²) in [6, 6.07) is 12.7. The molecular weight excluding hydrogens is 540 g/mol. The van der Waals surface area contributed by atoms with E-state index < -0.39 is 6.10 Å². The highest BCUT2D eigenvalue weighted by atomic mass is 16.5. The molecule has 0 aliphatic heterocycles. The molecule has 0 saturated heterocycles. The van der Waals surface area contributed by atoms with Crippen LogP contribution in [0.3, 0.4) is 0 Å². The van der Waals surface area contributed by atoms with Crippen LogP contribution in [0.2, 0.25) is 0 Å². The molecule has 2 aromatic rings. The van der Waals surface area contributed by atoms with Gasteiger partial charge in [-0.1, -0.05) is 57.2 Å². The third kappa shape index (κ3) is 10.5. The Kier molecular flexibility index (Phi) is 14.3. The maximum Gasteiger partial charge on any atom is 0.122 e. The molecule has 0 amide bonds. The third-order valence-electron chi connectivity index (χ3n) is 8.71. The fourth-order valence-electron chi connectivity index (χ4n) is 5.73. The number of hydrogen-bond acceptors (Lipinski definition) is 6. The molecule has 1 fully saturated rings. The minimum Gasteiger partial charge on any atom is -0.496 e. The van der Waals surface area contributed by atoms with Gasteiger partial charge in [0.2, 0.25) is 0 Å². The molecule has 0 spiro atoms. The van der Waals surface area contributed by atoms with E-state index in [1.165, 1.54) is 11.1 Å². The van der Waals surface area contributed by atoms with Crippen LogP contribution < -0.4 is 9.47 Å². The van der Waals surface area contributed by atoms with E-state index in [9.17, 15) is 10.2 Å². The molecule has 6 nitrogen and oxygen atoms in total. The fraction of sp³-hybridized carbons (Fsp3) is 0.568. The van der Waals surface area contributed by atoms with Crippen LogP contribution in [0.25, 0.3) is 0 Å². The van der Waals surface area contributed by atoms with E-state index in [2.05, 4.69) is 51.3 Å². The smallest absolute Gasteiger partial charge is 0.122 e. The molecule has 2 atom stereocenters. The summed E-state index contributed by atoms with van der Waals surface area (Å²) < 4.78 is 23.2. The van der Waals surface area contributed by atoms with Crippen molar-refractivity contribution in [3.63, 3.8) is 0 Å². The van der Waals surface area contributed by atoms with Crippen molar-refractivity contribution in [2.75, 3.05) is 40.1 Å². The van der Waals surface area contributed by atoms with E-state index in [-0.39, 0.29) is 24.7 Å². The van der Waals surface area contributed by atoms with Gasteiger partial charge < -0.3 is 29.2 Å². The van der Waals surface area contributed by atoms with Gasteiger partial charge in [0.1, 0.15) is 24.2 Å². The predicted molar refractivity (Wildman–Crippen MR) is 174 cm³/mol. The first kappa shape index (κ1) is 34.8. The second kappa shape index (κ2) is 17.6. The van der Waals surface area contributed by atoms with Crippen LogP contribution in [-0.2, 0) is 27.7 Å². The zero-order chi connectivity index (χ0) is 31.2. The topological polar surface area (TPSA) is 77.4 Å². The summed E-state index contributed by atoms with van der Waals surface area (Å²) in [5, 5.41) is 20.2. The molecule has 0 aromatic heterocycles. The van der Waals surface area contributed by atoms with Crippen molar-refractivity contribution in [1.82, 2.24) is 0 Å². The highest BCUT2D eigenvalue weighted by Gasteiger charge is 2.26. The monoisotopic (exact) mass is 594 g/mol. The average Bonchev–Trinajstić information content (AvgIpc) is 3.01. The predicted octanol–water partition coefficient (Wildman–Crippen LogP) is 6.83. The summed E-state index contributed by atoms with van der Waals surface area (Å²) in [7, 11) is 1.70. The van der Waals surface area contributed by atoms with E-state index >= 15 is 0 Å². The van der Waals surface area contributed by atoms with Gasteiger partial charge in [-0.05, 0) is 91.2 Å². The second-order valence-corrected chi connectivity index (χ2v) is 12.4. The average molecular weight is 595 g/mol. The quantitative estimate of drug-likeness (QED) is 0.174. The number of aliphatic hydroxyl groups excluding tert-OH is 2. The van der Waals surface area contributed by atoms with Gasteiger partial charge in [-0.3, -0.25) is 0 Å². The molecule has 0 radical (unpaired) electrons. The van der Waals surface area contributed by atoms with E-state index in [1.807, 2.05) is 31.2 Å². The maximum atomic E-state index is 10.6. The standard InChI is InChI=1S/C37H54O6/c1-7-10-29-20-31(16-18-35(29)40-6)37(4,5)32-17-19-36(30(21-32)11-8-2)43-26-34(39)25-42-23-28-14-12-27(13-15-28)22-41-24-33(38)9-3/h7-8,16-21,27-28,33-34,38-39H,1-2,9-15,22-26H2,3-6H3. The van der Waals surface area contributed by atoms with E-state index in [0.29, 0.717) is 31.5 Å². The molecule has 2 aromatic carbocycles. The molecule has 1 aliphatic rings. The van der Waals surface area contributed by atoms with E-state index in [1.54, 1.807) is 7.11 Å². The molecule has 43 heavy (non-hydrogen) atoms. The highest BCUT2D eigenvalue weighted by molar-refractivity contribution is 5.48. The molecule has 6 heteroatoms. The van der Waals surface area contributed by atoms with Gasteiger partial charge in [0.05, 0.1) is 26.4 Å². The van der Waals surface area contributed by atoms with Crippen molar-refractivity contribution in [2.45, 2.75) is 83.3 Å². The van der Waals surface area contributed by atoms with Crippen molar-refractivity contribution in [2.24, 2.45) is 11.8 Å². The van der Waals surface area contributed by atoms with Gasteiger partial charge in [-0.15, -0.1) is 13.2 Å². The minimum absolute atomic E-state index is 0.171. The van der Waals surface area contributed by atoms with Gasteiger partial charge in [-0.25, -0.2) is 0 Å². The first-order valence-corrected chi connectivity index (χ1v) is 15.9. The normalized spacial score (nSPS) is 18.6. The van der Waals surface area contributed by atoms with Crippen molar-refractivity contribution < 1.29 is 29.2 Å². The van der Waals surface area contributed by atoms with Crippen LogP contribution >= 0.6 is 0 Å². The Morgan fingerprint density at radius 3 is 1.77 bits per heavy atom. The SMILES string of the molecule is C=CCc1cc(C(C)(C)c2ccc(OCC(O)COCC3CCC(COCC(O)CC)CC3)c(CC=C)c2)ccc1OC. The molecule has 0 heterocycles. The van der Waals surface area contributed by atoms with Crippen molar-refractivity contribution >= 4 is 0 Å². The Morgan fingerprint density at radius 1 is 0.791 bits per heavy atom. The van der Waals surface area contributed by atoms with E-state index in [0.717, 1.165) is 67.8 Å². The van der Waals surface area contributed by atoms with Crippen LogP contribution in [0.15, 0.2) is 61.7 Å². The first-order chi connectivity index (χ1) is 20.7. The summed E-state index contributed by atoms with van der Waals surface area (Å²) in [4.78, 5) is 0. The number of methoxy groups -OCH3 is 1. The summed E-state index contributed by atoms with van der Waals surface area (Å²) in [5.74, 6) is 2.70. The summed E-state index contributed by atoms with van der Waals surface area (Å²) in [5.41, 5.74) is 4.29. The maximum absolute atomic E-state index is 10.6. The van der Waals surface area contributed by atoms with Crippen molar-refractivity contribution in [3.05, 3.63) is 84.0 Å². The lowest BCUT2D eigenvalue weighted by molar-refractivity contribution is -0.0134. The zero-order valence-corrected chi connectivity index (χ0v) is 26.9. The van der Waals surface area contributed by atoms with Crippen LogP contribution in [-0.4, -0.2) is 62.6 Å². The van der Waals surface area contributed by atoms with Crippen LogP contribution in [0.4, 0.5) is 0 Å². The molecule has 0 bridgehead atoms. The second-order valence-electron chi connectivity index (χ2n) is 12.4. The highest BCUT2D eigenvalue weighted by Crippen LogP contribution is 2.36. The molecular formula is C37H54O6. The minimum atomic E-state index is -0.704. The van der Waals surface area contributed by atoms with Crippen molar-refractivity contribution in [1.29, 1.82) is 0 Å². The molecule has 2 N–H and O–H groups in total. The lowest BCUT2D eigenvalue weighted by atomic mass is 9.77. The largest absolute Gasteiger partial charge is 0.496 e. The number of hydrogen-bond donors (Lipinski definition) is 2. The van der Waals surface area contributed by atoms with Gasteiger partial charge in [0.15, 0.2) is 0 Å². The number of benzene rings is 2. The molecule has 2 unspecified atom stereocenters. The third-order valence-corrected chi connectivity index (χ3v) is 8.71. The zero-order valence-electron chi connectivity index (χ0n) is 26.9. The number of allylic oxidation sites excluding steroid dienone is 2. The van der Waals surface area contributed by atoms with Crippen molar-refractivity contribution in [3.8, 4) is 11.5 Å². The van der Waals surface area contributed by atoms with Crippen LogP contribution in [0.5, 0.6) is 11.5 Å². The lowest BCUT2D eigenvalue weighted by Crippen LogP contribution is -2.27. The van der Waals surface area contributed by atoms with Crippen LogP contribution in [0, 0.1) is 11.8 Å². The van der Waals surface area contributed by atoms with Gasteiger partial charge >= 0.3 is 0 Å². The molecule has 1 saturated carbocycles. The summed E-state index contributed by atoms with van der Waals surface area (Å²) >= 11 is 0. The van der Waals surface area contributed by atoms with Gasteiger partial charge in [0.25, 0.3) is 0 Å². The molecule has 3 rings (SSSR count). The van der Waals surface area contributed by atoms with Crippen LogP contribution in [0.1, 0.15) is 75.1 Å². The summed E-state index contributed by atoms with van der Waals surface area (Å²) in [6.07, 6.45) is 9.31. The lowest BCUT2D eigenvalue weighted by Gasteiger charge is -2.29. The Morgan fingerprint density at radius 2 is 1.28 bits per heavy atom. The molecule has 1 aliphatic carbocycles. The number of rotatable bonds is 19.